The van der Waals surface area contributed by atoms with Gasteiger partial charge in [0.05, 0.1) is 11.8 Å². The Labute approximate surface area is 120 Å². The van der Waals surface area contributed by atoms with E-state index < -0.39 is 0 Å². The van der Waals surface area contributed by atoms with Crippen molar-refractivity contribution in [3.63, 3.8) is 0 Å². The molecule has 0 N–H and O–H groups in total. The summed E-state index contributed by atoms with van der Waals surface area (Å²) in [5.74, 6) is 0. The maximum Gasteiger partial charge on any atom is 0.271 e. The molecule has 0 saturated carbocycles. The zero-order chi connectivity index (χ0) is 13.9. The van der Waals surface area contributed by atoms with Crippen molar-refractivity contribution in [2.75, 3.05) is 0 Å². The molecule has 1 aliphatic rings. The van der Waals surface area contributed by atoms with Crippen molar-refractivity contribution in [2.45, 2.75) is 32.6 Å². The zero-order valence-corrected chi connectivity index (χ0v) is 12.4. The van der Waals surface area contributed by atoms with E-state index in [1.165, 1.54) is 39.9 Å². The molecule has 0 saturated heterocycles. The van der Waals surface area contributed by atoms with Crippen molar-refractivity contribution >= 4 is 31.8 Å². The first-order valence-electron chi connectivity index (χ1n) is 6.93. The van der Waals surface area contributed by atoms with Crippen molar-refractivity contribution in [1.29, 1.82) is 0 Å². The molecule has 0 amide bonds. The fourth-order valence-electron chi connectivity index (χ4n) is 3.19. The van der Waals surface area contributed by atoms with Crippen molar-refractivity contribution in [2.24, 2.45) is 7.05 Å². The number of pyridine rings is 1. The van der Waals surface area contributed by atoms with E-state index in [4.69, 9.17) is 4.98 Å². The quantitative estimate of drug-likeness (QED) is 0.638. The SMILES string of the molecule is Cc1nc2sc3c(=O)n(C)cnc3c2c2c1CCCC2. The Hall–Kier alpha value is -1.75. The first-order valence-corrected chi connectivity index (χ1v) is 7.74. The molecule has 0 aliphatic heterocycles. The second-order valence-electron chi connectivity index (χ2n) is 5.48. The minimum Gasteiger partial charge on any atom is -0.301 e. The van der Waals surface area contributed by atoms with E-state index in [0.29, 0.717) is 0 Å². The van der Waals surface area contributed by atoms with Crippen LogP contribution in [0.2, 0.25) is 0 Å². The molecule has 0 atom stereocenters. The molecular weight excluding hydrogens is 270 g/mol. The summed E-state index contributed by atoms with van der Waals surface area (Å²) in [5, 5.41) is 1.13. The topological polar surface area (TPSA) is 47.8 Å². The minimum absolute atomic E-state index is 0.0280. The van der Waals surface area contributed by atoms with Crippen LogP contribution in [-0.4, -0.2) is 14.5 Å². The Morgan fingerprint density at radius 3 is 2.80 bits per heavy atom. The summed E-state index contributed by atoms with van der Waals surface area (Å²) in [6, 6.07) is 0. The van der Waals surface area contributed by atoms with Gasteiger partial charge < -0.3 is 4.57 Å². The van der Waals surface area contributed by atoms with Crippen LogP contribution in [-0.2, 0) is 19.9 Å². The minimum atomic E-state index is 0.0280. The number of aromatic nitrogens is 3. The molecule has 0 bridgehead atoms. The molecule has 4 rings (SSSR count). The Bertz CT molecular complexity index is 907. The maximum absolute atomic E-state index is 12.3. The molecule has 3 aromatic heterocycles. The largest absolute Gasteiger partial charge is 0.301 e. The molecule has 5 heteroatoms. The molecule has 102 valence electrons. The van der Waals surface area contributed by atoms with Crippen LogP contribution in [0, 0.1) is 6.92 Å². The molecule has 0 aromatic carbocycles. The fraction of sp³-hybridized carbons (Fsp3) is 0.400. The van der Waals surface area contributed by atoms with Crippen molar-refractivity contribution in [1.82, 2.24) is 14.5 Å². The number of aryl methyl sites for hydroxylation is 3. The smallest absolute Gasteiger partial charge is 0.271 e. The molecule has 0 radical (unpaired) electrons. The summed E-state index contributed by atoms with van der Waals surface area (Å²) >= 11 is 1.48. The van der Waals surface area contributed by atoms with Gasteiger partial charge in [-0.3, -0.25) is 4.79 Å². The van der Waals surface area contributed by atoms with Crippen LogP contribution in [0.1, 0.15) is 29.7 Å². The monoisotopic (exact) mass is 285 g/mol. The Morgan fingerprint density at radius 2 is 2.00 bits per heavy atom. The van der Waals surface area contributed by atoms with Crippen LogP contribution >= 0.6 is 11.3 Å². The average molecular weight is 285 g/mol. The lowest BCUT2D eigenvalue weighted by atomic mass is 9.89. The highest BCUT2D eigenvalue weighted by molar-refractivity contribution is 7.25. The fourth-order valence-corrected chi connectivity index (χ4v) is 4.37. The normalized spacial score (nSPS) is 14.9. The van der Waals surface area contributed by atoms with E-state index in [0.717, 1.165) is 39.0 Å². The number of nitrogens with zero attached hydrogens (tertiary/aromatic N) is 3. The first kappa shape index (κ1) is 12.0. The van der Waals surface area contributed by atoms with Crippen LogP contribution in [0.15, 0.2) is 11.1 Å². The van der Waals surface area contributed by atoms with E-state index in [9.17, 15) is 4.79 Å². The standard InChI is InChI=1S/C15H15N3OS/c1-8-9-5-3-4-6-10(9)11-12-13(20-14(11)17-8)15(19)18(2)7-16-12/h7H,3-6H2,1-2H3. The van der Waals surface area contributed by atoms with Crippen molar-refractivity contribution < 1.29 is 0 Å². The van der Waals surface area contributed by atoms with E-state index in [-0.39, 0.29) is 5.56 Å². The third kappa shape index (κ3) is 1.50. The highest BCUT2D eigenvalue weighted by atomic mass is 32.1. The summed E-state index contributed by atoms with van der Waals surface area (Å²) in [7, 11) is 1.74. The highest BCUT2D eigenvalue weighted by Crippen LogP contribution is 2.37. The van der Waals surface area contributed by atoms with Gasteiger partial charge in [-0.15, -0.1) is 11.3 Å². The second-order valence-corrected chi connectivity index (χ2v) is 6.48. The van der Waals surface area contributed by atoms with E-state index in [1.54, 1.807) is 13.4 Å². The third-order valence-electron chi connectivity index (χ3n) is 4.21. The van der Waals surface area contributed by atoms with Gasteiger partial charge in [0, 0.05) is 18.1 Å². The van der Waals surface area contributed by atoms with Gasteiger partial charge in [0.25, 0.3) is 5.56 Å². The maximum atomic E-state index is 12.3. The van der Waals surface area contributed by atoms with E-state index in [2.05, 4.69) is 11.9 Å². The zero-order valence-electron chi connectivity index (χ0n) is 11.6. The summed E-state index contributed by atoms with van der Waals surface area (Å²) in [5.41, 5.74) is 4.76. The average Bonchev–Trinajstić information content (AvgIpc) is 2.82. The number of fused-ring (bicyclic) bond motifs is 5. The van der Waals surface area contributed by atoms with Gasteiger partial charge in [-0.05, 0) is 43.7 Å². The first-order chi connectivity index (χ1) is 9.66. The van der Waals surface area contributed by atoms with Crippen LogP contribution in [0.3, 0.4) is 0 Å². The molecule has 0 unspecified atom stereocenters. The summed E-state index contributed by atoms with van der Waals surface area (Å²) in [6.07, 6.45) is 6.25. The lowest BCUT2D eigenvalue weighted by Gasteiger charge is -2.18. The molecule has 0 spiro atoms. The molecule has 0 fully saturated rings. The van der Waals surface area contributed by atoms with E-state index >= 15 is 0 Å². The Morgan fingerprint density at radius 1 is 1.25 bits per heavy atom. The molecule has 20 heavy (non-hydrogen) atoms. The third-order valence-corrected chi connectivity index (χ3v) is 5.28. The van der Waals surface area contributed by atoms with E-state index in [1.807, 2.05) is 0 Å². The summed E-state index contributed by atoms with van der Waals surface area (Å²) < 4.78 is 2.27. The highest BCUT2D eigenvalue weighted by Gasteiger charge is 2.21. The van der Waals surface area contributed by atoms with Gasteiger partial charge in [-0.25, -0.2) is 9.97 Å². The van der Waals surface area contributed by atoms with Crippen LogP contribution in [0.25, 0.3) is 20.4 Å². The van der Waals surface area contributed by atoms with Gasteiger partial charge in [0.2, 0.25) is 0 Å². The van der Waals surface area contributed by atoms with Crippen molar-refractivity contribution in [3.8, 4) is 0 Å². The number of rotatable bonds is 0. The van der Waals surface area contributed by atoms with Crippen LogP contribution < -0.4 is 5.56 Å². The number of hydrogen-bond donors (Lipinski definition) is 0. The van der Waals surface area contributed by atoms with Gasteiger partial charge in [0.15, 0.2) is 0 Å². The van der Waals surface area contributed by atoms with Gasteiger partial charge in [0.1, 0.15) is 9.53 Å². The number of hydrogen-bond acceptors (Lipinski definition) is 4. The van der Waals surface area contributed by atoms with Crippen LogP contribution in [0.5, 0.6) is 0 Å². The Balaban J connectivity index is 2.24. The summed E-state index contributed by atoms with van der Waals surface area (Å²) in [6.45, 7) is 2.08. The molecule has 3 aromatic rings. The molecule has 4 nitrogen and oxygen atoms in total. The lowest BCUT2D eigenvalue weighted by Crippen LogP contribution is -2.15. The molecular formula is C15H15N3OS. The predicted molar refractivity (Wildman–Crippen MR) is 81.5 cm³/mol. The molecule has 1 aliphatic carbocycles. The van der Waals surface area contributed by atoms with Gasteiger partial charge in [-0.1, -0.05) is 0 Å². The van der Waals surface area contributed by atoms with Gasteiger partial charge >= 0.3 is 0 Å². The van der Waals surface area contributed by atoms with Gasteiger partial charge in [-0.2, -0.15) is 0 Å². The van der Waals surface area contributed by atoms with Crippen molar-refractivity contribution in [3.05, 3.63) is 33.5 Å². The lowest BCUT2D eigenvalue weighted by molar-refractivity contribution is 0.683. The number of thiophene rings is 1. The van der Waals surface area contributed by atoms with Crippen LogP contribution in [0.4, 0.5) is 0 Å². The Kier molecular flexibility index (Phi) is 2.48. The molecule has 3 heterocycles. The second kappa shape index (κ2) is 4.12. The predicted octanol–water partition coefficient (Wildman–Crippen LogP) is 2.73. The summed E-state index contributed by atoms with van der Waals surface area (Å²) in [4.78, 5) is 22.5.